The van der Waals surface area contributed by atoms with Crippen molar-refractivity contribution in [2.75, 3.05) is 12.4 Å². The van der Waals surface area contributed by atoms with Crippen LogP contribution in [0.4, 0.5) is 5.13 Å². The lowest BCUT2D eigenvalue weighted by Gasteiger charge is -2.15. The molecule has 2 aromatic heterocycles. The smallest absolute Gasteiger partial charge is 0.272 e. The molecule has 0 atom stereocenters. The molecule has 0 unspecified atom stereocenters. The van der Waals surface area contributed by atoms with Crippen LogP contribution in [0.2, 0.25) is 0 Å². The van der Waals surface area contributed by atoms with Crippen LogP contribution in [0.3, 0.4) is 0 Å². The number of nitrogens with zero attached hydrogens (tertiary/aromatic N) is 3. The molecule has 0 saturated heterocycles. The maximum Gasteiger partial charge on any atom is 0.272 e. The molecule has 0 aliphatic rings. The van der Waals surface area contributed by atoms with Crippen molar-refractivity contribution in [2.45, 2.75) is 31.7 Å². The Morgan fingerprint density at radius 2 is 2.09 bits per heavy atom. The van der Waals surface area contributed by atoms with Crippen molar-refractivity contribution in [2.24, 2.45) is 5.41 Å². The van der Waals surface area contributed by atoms with E-state index in [1.54, 1.807) is 32.9 Å². The van der Waals surface area contributed by atoms with E-state index in [-0.39, 0.29) is 21.9 Å². The number of furan rings is 1. The van der Waals surface area contributed by atoms with Crippen molar-refractivity contribution < 1.29 is 17.6 Å². The third kappa shape index (κ3) is 4.15. The van der Waals surface area contributed by atoms with Gasteiger partial charge < -0.3 is 9.73 Å². The summed E-state index contributed by atoms with van der Waals surface area (Å²) in [5.41, 5.74) is -0.610. The van der Waals surface area contributed by atoms with Crippen molar-refractivity contribution in [1.82, 2.24) is 14.5 Å². The van der Waals surface area contributed by atoms with E-state index < -0.39 is 15.4 Å². The van der Waals surface area contributed by atoms with E-state index in [0.29, 0.717) is 5.76 Å². The molecule has 1 N–H and O–H groups in total. The Balaban J connectivity index is 2.13. The molecule has 2 rings (SSSR count). The zero-order valence-electron chi connectivity index (χ0n) is 13.2. The molecule has 126 valence electrons. The molecule has 0 saturated carbocycles. The van der Waals surface area contributed by atoms with Crippen molar-refractivity contribution in [3.63, 3.8) is 0 Å². The van der Waals surface area contributed by atoms with Crippen LogP contribution in [-0.4, -0.2) is 35.9 Å². The van der Waals surface area contributed by atoms with Crippen molar-refractivity contribution in [3.05, 3.63) is 24.2 Å². The van der Waals surface area contributed by atoms with Gasteiger partial charge in [0.2, 0.25) is 15.4 Å². The van der Waals surface area contributed by atoms with Crippen LogP contribution < -0.4 is 5.32 Å². The highest BCUT2D eigenvalue weighted by Gasteiger charge is 2.28. The lowest BCUT2D eigenvalue weighted by molar-refractivity contribution is -0.123. The van der Waals surface area contributed by atoms with Crippen LogP contribution >= 0.6 is 11.3 Å². The number of aromatic nitrogens is 2. The number of nitrogens with one attached hydrogen (secondary N) is 1. The molecular formula is C13H18N4O4S2. The van der Waals surface area contributed by atoms with Crippen molar-refractivity contribution in [3.8, 4) is 0 Å². The van der Waals surface area contributed by atoms with Gasteiger partial charge in [0.1, 0.15) is 5.76 Å². The highest BCUT2D eigenvalue weighted by molar-refractivity contribution is 7.91. The normalized spacial score (nSPS) is 12.6. The van der Waals surface area contributed by atoms with Gasteiger partial charge in [-0.15, -0.1) is 10.2 Å². The third-order valence-electron chi connectivity index (χ3n) is 2.90. The molecule has 2 aromatic rings. The molecule has 1 amide bonds. The third-order valence-corrected chi connectivity index (χ3v) is 5.89. The van der Waals surface area contributed by atoms with Crippen molar-refractivity contribution >= 4 is 32.4 Å². The number of rotatable bonds is 5. The molecule has 8 nitrogen and oxygen atoms in total. The predicted octanol–water partition coefficient (Wildman–Crippen LogP) is 1.94. The Kier molecular flexibility index (Phi) is 4.87. The second-order valence-electron chi connectivity index (χ2n) is 5.92. The number of sulfonamides is 1. The minimum Gasteiger partial charge on any atom is -0.468 e. The number of carbonyl (C=O) groups is 1. The van der Waals surface area contributed by atoms with E-state index in [1.165, 1.54) is 13.3 Å². The summed E-state index contributed by atoms with van der Waals surface area (Å²) in [4.78, 5) is 11.9. The standard InChI is InChI=1S/C13H18N4O4S2/c1-13(2,3)10(18)14-11-15-16-12(22-11)23(19,20)17(4)8-9-6-5-7-21-9/h5-7H,8H2,1-4H3,(H,14,15,18). The molecule has 0 bridgehead atoms. The number of hydrogen-bond donors (Lipinski definition) is 1. The highest BCUT2D eigenvalue weighted by Crippen LogP contribution is 2.25. The minimum atomic E-state index is -3.80. The van der Waals surface area contributed by atoms with Gasteiger partial charge in [-0.25, -0.2) is 8.42 Å². The van der Waals surface area contributed by atoms with E-state index >= 15 is 0 Å². The summed E-state index contributed by atoms with van der Waals surface area (Å²) >= 11 is 0.811. The summed E-state index contributed by atoms with van der Waals surface area (Å²) in [5.74, 6) is 0.253. The first-order chi connectivity index (χ1) is 10.6. The molecule has 10 heteroatoms. The fourth-order valence-electron chi connectivity index (χ4n) is 1.49. The predicted molar refractivity (Wildman–Crippen MR) is 85.4 cm³/mol. The maximum absolute atomic E-state index is 12.4. The van der Waals surface area contributed by atoms with Gasteiger partial charge in [0.15, 0.2) is 0 Å². The molecule has 2 heterocycles. The average Bonchev–Trinajstić information content (AvgIpc) is 3.09. The number of amides is 1. The molecule has 0 spiro atoms. The SMILES string of the molecule is CN(Cc1ccco1)S(=O)(=O)c1nnc(NC(=O)C(C)(C)C)s1. The Labute approximate surface area is 138 Å². The van der Waals surface area contributed by atoms with E-state index in [9.17, 15) is 13.2 Å². The topological polar surface area (TPSA) is 105 Å². The molecular weight excluding hydrogens is 340 g/mol. The van der Waals surface area contributed by atoms with E-state index in [2.05, 4.69) is 15.5 Å². The fourth-order valence-corrected chi connectivity index (χ4v) is 3.71. The first kappa shape index (κ1) is 17.6. The van der Waals surface area contributed by atoms with Gasteiger partial charge in [-0.1, -0.05) is 32.1 Å². The summed E-state index contributed by atoms with van der Waals surface area (Å²) < 4.78 is 30.9. The second kappa shape index (κ2) is 6.38. The zero-order valence-corrected chi connectivity index (χ0v) is 14.9. The van der Waals surface area contributed by atoms with Gasteiger partial charge in [0.25, 0.3) is 10.0 Å². The molecule has 0 aliphatic carbocycles. The Morgan fingerprint density at radius 1 is 1.39 bits per heavy atom. The van der Waals surface area contributed by atoms with Gasteiger partial charge >= 0.3 is 0 Å². The molecule has 0 fully saturated rings. The Hall–Kier alpha value is -1.78. The van der Waals surface area contributed by atoms with Gasteiger partial charge in [0, 0.05) is 12.5 Å². The summed E-state index contributed by atoms with van der Waals surface area (Å²) in [7, 11) is -2.38. The first-order valence-electron chi connectivity index (χ1n) is 6.74. The van der Waals surface area contributed by atoms with Crippen LogP contribution in [0.5, 0.6) is 0 Å². The van der Waals surface area contributed by atoms with E-state index in [0.717, 1.165) is 15.6 Å². The van der Waals surface area contributed by atoms with Crippen LogP contribution in [-0.2, 0) is 21.4 Å². The number of hydrogen-bond acceptors (Lipinski definition) is 7. The molecule has 0 aliphatic heterocycles. The van der Waals surface area contributed by atoms with Gasteiger partial charge in [-0.05, 0) is 12.1 Å². The quantitative estimate of drug-likeness (QED) is 0.819. The fraction of sp³-hybridized carbons (Fsp3) is 0.462. The van der Waals surface area contributed by atoms with Crippen LogP contribution in [0.25, 0.3) is 0 Å². The summed E-state index contributed by atoms with van der Waals surface area (Å²) in [6.45, 7) is 5.33. The summed E-state index contributed by atoms with van der Waals surface area (Å²) in [6.07, 6.45) is 1.47. The second-order valence-corrected chi connectivity index (χ2v) is 9.11. The van der Waals surface area contributed by atoms with Gasteiger partial charge in [-0.2, -0.15) is 4.31 Å². The summed E-state index contributed by atoms with van der Waals surface area (Å²) in [6, 6.07) is 3.36. The number of carbonyl (C=O) groups excluding carboxylic acids is 1. The van der Waals surface area contributed by atoms with Crippen molar-refractivity contribution in [1.29, 1.82) is 0 Å². The largest absolute Gasteiger partial charge is 0.468 e. The average molecular weight is 358 g/mol. The lowest BCUT2D eigenvalue weighted by Crippen LogP contribution is -2.27. The van der Waals surface area contributed by atoms with E-state index in [4.69, 9.17) is 4.42 Å². The van der Waals surface area contributed by atoms with Crippen LogP contribution in [0, 0.1) is 5.41 Å². The molecule has 0 aromatic carbocycles. The first-order valence-corrected chi connectivity index (χ1v) is 9.00. The summed E-state index contributed by atoms with van der Waals surface area (Å²) in [5, 5.41) is 10.1. The zero-order chi connectivity index (χ0) is 17.3. The van der Waals surface area contributed by atoms with Gasteiger partial charge in [0.05, 0.1) is 12.8 Å². The number of anilines is 1. The highest BCUT2D eigenvalue weighted by atomic mass is 32.2. The van der Waals surface area contributed by atoms with Crippen LogP contribution in [0.1, 0.15) is 26.5 Å². The van der Waals surface area contributed by atoms with Crippen LogP contribution in [0.15, 0.2) is 27.2 Å². The minimum absolute atomic E-state index is 0.0819. The molecule has 0 radical (unpaired) electrons. The monoisotopic (exact) mass is 358 g/mol. The maximum atomic E-state index is 12.4. The Bertz CT molecular complexity index is 775. The molecule has 23 heavy (non-hydrogen) atoms. The van der Waals surface area contributed by atoms with E-state index in [1.807, 2.05) is 0 Å². The van der Waals surface area contributed by atoms with Gasteiger partial charge in [-0.3, -0.25) is 4.79 Å². The lowest BCUT2D eigenvalue weighted by atomic mass is 9.96. The Morgan fingerprint density at radius 3 is 2.65 bits per heavy atom.